The molecule has 1 heterocycles. The van der Waals surface area contributed by atoms with Gasteiger partial charge >= 0.3 is 0 Å². The largest absolute Gasteiger partial charge is 0.383 e. The molecule has 1 aromatic rings. The Labute approximate surface area is 120 Å². The zero-order chi connectivity index (χ0) is 15.0. The van der Waals surface area contributed by atoms with Crippen molar-refractivity contribution in [2.45, 2.75) is 39.7 Å². The van der Waals surface area contributed by atoms with Gasteiger partial charge in [0.05, 0.1) is 12.8 Å². The highest BCUT2D eigenvalue weighted by Crippen LogP contribution is 2.20. The van der Waals surface area contributed by atoms with Crippen LogP contribution < -0.4 is 10.2 Å². The predicted molar refractivity (Wildman–Crippen MR) is 79.7 cm³/mol. The number of hydrogen-bond acceptors (Lipinski definition) is 5. The van der Waals surface area contributed by atoms with E-state index in [1.807, 2.05) is 4.90 Å². The molecule has 1 unspecified atom stereocenters. The van der Waals surface area contributed by atoms with E-state index in [-0.39, 0.29) is 6.04 Å². The Morgan fingerprint density at radius 1 is 1.45 bits per heavy atom. The third kappa shape index (κ3) is 4.59. The lowest BCUT2D eigenvalue weighted by Crippen LogP contribution is -2.37. The van der Waals surface area contributed by atoms with Crippen LogP contribution in [-0.2, 0) is 4.74 Å². The first kappa shape index (κ1) is 16.6. The Balaban J connectivity index is 2.97. The first-order valence-corrected chi connectivity index (χ1v) is 7.15. The molecule has 0 aliphatic heterocycles. The second-order valence-electron chi connectivity index (χ2n) is 4.74. The van der Waals surface area contributed by atoms with Crippen LogP contribution in [0.15, 0.2) is 6.20 Å². The van der Waals surface area contributed by atoms with Gasteiger partial charge in [0, 0.05) is 26.2 Å². The monoisotopic (exact) mass is 284 g/mol. The molecule has 0 amide bonds. The predicted octanol–water partition coefficient (Wildman–Crippen LogP) is 2.69. The molecule has 1 aromatic heterocycles. The molecule has 1 atom stereocenters. The fourth-order valence-electron chi connectivity index (χ4n) is 1.83. The van der Waals surface area contributed by atoms with E-state index in [9.17, 15) is 4.39 Å². The minimum Gasteiger partial charge on any atom is -0.383 e. The van der Waals surface area contributed by atoms with Gasteiger partial charge in [-0.05, 0) is 19.8 Å². The highest BCUT2D eigenvalue weighted by Gasteiger charge is 2.19. The molecule has 6 heteroatoms. The number of hydrogen-bond donors (Lipinski definition) is 1. The van der Waals surface area contributed by atoms with Crippen LogP contribution in [0.1, 0.15) is 33.6 Å². The fourth-order valence-corrected chi connectivity index (χ4v) is 1.83. The molecule has 0 aliphatic carbocycles. The molecule has 1 N–H and O–H groups in total. The molecule has 0 fully saturated rings. The Bertz CT molecular complexity index is 403. The van der Waals surface area contributed by atoms with Gasteiger partial charge in [0.25, 0.3) is 0 Å². The fraction of sp³-hybridized carbons (Fsp3) is 0.714. The Morgan fingerprint density at radius 2 is 2.20 bits per heavy atom. The quantitative estimate of drug-likeness (QED) is 0.755. The van der Waals surface area contributed by atoms with Gasteiger partial charge in [-0.1, -0.05) is 13.8 Å². The lowest BCUT2D eigenvalue weighted by Gasteiger charge is -2.29. The average molecular weight is 284 g/mol. The first-order chi connectivity index (χ1) is 9.63. The molecule has 0 bridgehead atoms. The summed E-state index contributed by atoms with van der Waals surface area (Å²) in [4.78, 5) is 10.2. The van der Waals surface area contributed by atoms with Crippen LogP contribution in [0.3, 0.4) is 0 Å². The Hall–Kier alpha value is -1.43. The highest BCUT2D eigenvalue weighted by atomic mass is 19.1. The van der Waals surface area contributed by atoms with E-state index in [1.54, 1.807) is 7.11 Å². The molecule has 0 aliphatic rings. The van der Waals surface area contributed by atoms with E-state index < -0.39 is 5.82 Å². The topological polar surface area (TPSA) is 50.3 Å². The molecule has 5 nitrogen and oxygen atoms in total. The minimum atomic E-state index is -0.400. The van der Waals surface area contributed by atoms with Crippen molar-refractivity contribution in [3.63, 3.8) is 0 Å². The molecule has 0 radical (unpaired) electrons. The molecule has 0 saturated carbocycles. The summed E-state index contributed by atoms with van der Waals surface area (Å²) in [6, 6.07) is 0.188. The molecular weight excluding hydrogens is 259 g/mol. The molecule has 20 heavy (non-hydrogen) atoms. The third-order valence-corrected chi connectivity index (χ3v) is 3.19. The van der Waals surface area contributed by atoms with Gasteiger partial charge in [-0.2, -0.15) is 4.98 Å². The summed E-state index contributed by atoms with van der Waals surface area (Å²) in [7, 11) is 1.64. The van der Waals surface area contributed by atoms with Crippen molar-refractivity contribution in [3.05, 3.63) is 12.0 Å². The Kier molecular flexibility index (Phi) is 7.22. The van der Waals surface area contributed by atoms with Crippen molar-refractivity contribution in [3.8, 4) is 0 Å². The first-order valence-electron chi connectivity index (χ1n) is 7.15. The molecule has 0 aromatic carbocycles. The van der Waals surface area contributed by atoms with Gasteiger partial charge in [-0.25, -0.2) is 9.37 Å². The maximum atomic E-state index is 14.0. The Morgan fingerprint density at radius 3 is 2.80 bits per heavy atom. The number of halogens is 1. The standard InChI is InChI=1S/C14H25FN4O/c1-5-7-16-14-17-10-12(15)13(18-14)19(8-9-20-4)11(3)6-2/h10-11H,5-9H2,1-4H3,(H,16,17,18). The summed E-state index contributed by atoms with van der Waals surface area (Å²) in [5, 5.41) is 3.08. The van der Waals surface area contributed by atoms with E-state index in [2.05, 4.69) is 36.1 Å². The molecule has 114 valence electrons. The van der Waals surface area contributed by atoms with Crippen molar-refractivity contribution in [2.75, 3.05) is 37.0 Å². The van der Waals surface area contributed by atoms with Gasteiger partial charge in [0.2, 0.25) is 5.95 Å². The van der Waals surface area contributed by atoms with E-state index in [0.717, 1.165) is 19.4 Å². The van der Waals surface area contributed by atoms with E-state index in [1.165, 1.54) is 6.20 Å². The van der Waals surface area contributed by atoms with Crippen LogP contribution in [0.5, 0.6) is 0 Å². The van der Waals surface area contributed by atoms with Crippen molar-refractivity contribution in [1.82, 2.24) is 9.97 Å². The highest BCUT2D eigenvalue weighted by molar-refractivity contribution is 5.44. The maximum Gasteiger partial charge on any atom is 0.224 e. The molecule has 1 rings (SSSR count). The summed E-state index contributed by atoms with van der Waals surface area (Å²) in [5.74, 6) is 0.405. The van der Waals surface area contributed by atoms with Crippen LogP contribution in [-0.4, -0.2) is 42.8 Å². The van der Waals surface area contributed by atoms with Gasteiger partial charge < -0.3 is 15.0 Å². The second kappa shape index (κ2) is 8.68. The number of methoxy groups -OCH3 is 1. The number of rotatable bonds is 9. The van der Waals surface area contributed by atoms with Crippen molar-refractivity contribution in [2.24, 2.45) is 0 Å². The molecule has 0 spiro atoms. The summed E-state index contributed by atoms with van der Waals surface area (Å²) in [6.45, 7) is 8.09. The van der Waals surface area contributed by atoms with Crippen LogP contribution in [0.2, 0.25) is 0 Å². The number of aromatic nitrogens is 2. The van der Waals surface area contributed by atoms with Gasteiger partial charge in [0.15, 0.2) is 11.6 Å². The lowest BCUT2D eigenvalue weighted by atomic mass is 10.2. The summed E-state index contributed by atoms with van der Waals surface area (Å²) in [6.07, 6.45) is 3.10. The third-order valence-electron chi connectivity index (χ3n) is 3.19. The van der Waals surface area contributed by atoms with Gasteiger partial charge in [-0.15, -0.1) is 0 Å². The van der Waals surface area contributed by atoms with Crippen LogP contribution in [0.4, 0.5) is 16.2 Å². The van der Waals surface area contributed by atoms with Crippen molar-refractivity contribution in [1.29, 1.82) is 0 Å². The van der Waals surface area contributed by atoms with E-state index in [0.29, 0.717) is 24.9 Å². The van der Waals surface area contributed by atoms with Crippen molar-refractivity contribution >= 4 is 11.8 Å². The SMILES string of the molecule is CCCNc1ncc(F)c(N(CCOC)C(C)CC)n1. The summed E-state index contributed by atoms with van der Waals surface area (Å²) in [5.41, 5.74) is 0. The normalized spacial score (nSPS) is 12.2. The van der Waals surface area contributed by atoms with Crippen LogP contribution >= 0.6 is 0 Å². The summed E-state index contributed by atoms with van der Waals surface area (Å²) < 4.78 is 19.1. The zero-order valence-corrected chi connectivity index (χ0v) is 12.8. The van der Waals surface area contributed by atoms with Crippen molar-refractivity contribution < 1.29 is 9.13 Å². The molecule has 0 saturated heterocycles. The van der Waals surface area contributed by atoms with Crippen LogP contribution in [0, 0.1) is 5.82 Å². The average Bonchev–Trinajstić information content (AvgIpc) is 2.47. The minimum absolute atomic E-state index is 0.188. The molecular formula is C14H25FN4O. The number of nitrogens with one attached hydrogen (secondary N) is 1. The number of nitrogens with zero attached hydrogens (tertiary/aromatic N) is 3. The smallest absolute Gasteiger partial charge is 0.224 e. The van der Waals surface area contributed by atoms with E-state index in [4.69, 9.17) is 4.74 Å². The van der Waals surface area contributed by atoms with Crippen LogP contribution in [0.25, 0.3) is 0 Å². The zero-order valence-electron chi connectivity index (χ0n) is 12.8. The van der Waals surface area contributed by atoms with E-state index >= 15 is 0 Å². The lowest BCUT2D eigenvalue weighted by molar-refractivity contribution is 0.203. The van der Waals surface area contributed by atoms with Gasteiger partial charge in [0.1, 0.15) is 0 Å². The number of anilines is 2. The second-order valence-corrected chi connectivity index (χ2v) is 4.74. The van der Waals surface area contributed by atoms with Gasteiger partial charge in [-0.3, -0.25) is 0 Å². The number of ether oxygens (including phenoxy) is 1. The summed E-state index contributed by atoms with van der Waals surface area (Å²) >= 11 is 0. The maximum absolute atomic E-state index is 14.0.